The topological polar surface area (TPSA) is 484 Å². The number of aryl methyl sites for hydroxylation is 3. The van der Waals surface area contributed by atoms with Crippen LogP contribution in [0.25, 0.3) is 22.3 Å². The molecule has 4 aromatic heterocycles. The number of amides is 4. The van der Waals surface area contributed by atoms with Crippen molar-refractivity contribution in [2.24, 2.45) is 5.73 Å². The molecule has 5 heterocycles. The van der Waals surface area contributed by atoms with E-state index in [0.717, 1.165) is 112 Å². The van der Waals surface area contributed by atoms with E-state index in [4.69, 9.17) is 64.8 Å². The second-order valence-corrected chi connectivity index (χ2v) is 30.0. The minimum Gasteiger partial charge on any atom is -0.479 e. The minimum absolute atomic E-state index is 0.0133. The van der Waals surface area contributed by atoms with E-state index in [-0.39, 0.29) is 82.0 Å². The average Bonchev–Trinajstić information content (AvgIpc) is 1.60. The standard InChI is InChI=1S/C24H22F2N4O3.C16H18N4O.C13H20BNO2.C9H10BrN3O.C8H6F2O3.C6H5BrN2O2.C3H7N/c1-12-6-18(30-24(33)21(31)13-7-15(25)10-16(26)8-13)4-5-19(12)14-9-20(22(27)28-11-14)23(32)29-17-2-3-17;1-9-6-11(17)2-5-13(9)10-7-14(15(18)19-8-10)16(21)20-12-3-4-12;1-9-8-10(15)6-7-11(9)14-16-12(2,3)13(4,5)17-14;10-5-3-7(8(11)12-4-5)9(14)13-6-1-2-6;9-5-1-4(2-6(10)3-5)7(11)8(12)13;7-3-1-4(6(10)11)5(8)9-2-3;4-3-1-2-3/h4-11,17,21,31H,2-3H2,1H3,(H2,27,28)(H,29,32)(H,30,33);2,5-8,12H,3-4,17H2,1H3,(H2,18,19)(H,20,21);6-8H,15H2,1-5H3;3-4,6H,1-2H2,(H2,11,12)(H,13,14);1-3,7,11H,(H,12,13);1-2H,(H2,8,9)(H,10,11);3H,1-2,4H2/t21-;;;;7-;;/m1...1../s1. The smallest absolute Gasteiger partial charge is 0.479 e. The summed E-state index contributed by atoms with van der Waals surface area (Å²) < 4.78 is 65.2. The molecule has 0 spiro atoms. The molecule has 14 rings (SSSR count). The molecule has 4 saturated carbocycles. The number of carbonyl (C=O) groups excluding carboxylic acids is 4. The number of halogens is 6. The van der Waals surface area contributed by atoms with Gasteiger partial charge >= 0.3 is 19.1 Å². The molecule has 0 unspecified atom stereocenters. The molecule has 5 aromatic carbocycles. The van der Waals surface area contributed by atoms with Gasteiger partial charge in [-0.05, 0) is 261 Å². The Labute approximate surface area is 666 Å². The number of aliphatic hydroxyl groups is 2. The van der Waals surface area contributed by atoms with E-state index in [0.29, 0.717) is 68.4 Å². The van der Waals surface area contributed by atoms with Gasteiger partial charge in [-0.15, -0.1) is 0 Å². The molecule has 2 atom stereocenters. The van der Waals surface area contributed by atoms with Crippen molar-refractivity contribution >= 4 is 120 Å². The van der Waals surface area contributed by atoms with E-state index in [1.54, 1.807) is 55.0 Å². The monoisotopic (exact) mass is 1680 g/mol. The quantitative estimate of drug-likeness (QED) is 0.0257. The lowest BCUT2D eigenvalue weighted by Crippen LogP contribution is -2.41. The summed E-state index contributed by atoms with van der Waals surface area (Å²) in [5, 5.41) is 47.2. The Morgan fingerprint density at radius 3 is 1.19 bits per heavy atom. The Kier molecular flexibility index (Phi) is 29.7. The summed E-state index contributed by atoms with van der Waals surface area (Å²) in [4.78, 5) is 85.1. The van der Waals surface area contributed by atoms with Crippen molar-refractivity contribution in [3.63, 3.8) is 0 Å². The molecule has 596 valence electrons. The van der Waals surface area contributed by atoms with Crippen molar-refractivity contribution in [3.8, 4) is 22.3 Å². The number of aromatic nitrogens is 4. The zero-order valence-electron chi connectivity index (χ0n) is 62.6. The lowest BCUT2D eigenvalue weighted by molar-refractivity contribution is -0.147. The number of aromatic carboxylic acids is 1. The van der Waals surface area contributed by atoms with Crippen molar-refractivity contribution < 1.29 is 76.1 Å². The number of nitrogens with one attached hydrogen (secondary N) is 4. The fourth-order valence-electron chi connectivity index (χ4n) is 10.4. The number of benzene rings is 5. The maximum Gasteiger partial charge on any atom is 0.495 e. The van der Waals surface area contributed by atoms with Gasteiger partial charge in [0.1, 0.15) is 52.1 Å². The van der Waals surface area contributed by atoms with Gasteiger partial charge < -0.3 is 91.1 Å². The number of carbonyl (C=O) groups is 6. The van der Waals surface area contributed by atoms with Gasteiger partial charge in [0.2, 0.25) is 0 Å². The molecule has 1 aliphatic heterocycles. The van der Waals surface area contributed by atoms with Crippen molar-refractivity contribution in [2.45, 2.75) is 147 Å². The number of aliphatic carboxylic acids is 1. The summed E-state index contributed by atoms with van der Waals surface area (Å²) in [5.41, 5.74) is 48.5. The molecular formula is C79H88BBr2F4N15O12. The van der Waals surface area contributed by atoms with Crippen molar-refractivity contribution in [3.05, 3.63) is 222 Å². The first-order chi connectivity index (χ1) is 53.1. The third-order valence-electron chi connectivity index (χ3n) is 18.0. The summed E-state index contributed by atoms with van der Waals surface area (Å²) in [6.45, 7) is 14.0. The van der Waals surface area contributed by atoms with Gasteiger partial charge in [-0.2, -0.15) is 0 Å². The molecule has 5 fully saturated rings. The number of carboxylic acids is 2. The minimum atomic E-state index is -1.90. The Balaban J connectivity index is 0.000000175. The number of hydrogen-bond donors (Lipinski definition) is 15. The molecule has 113 heavy (non-hydrogen) atoms. The van der Waals surface area contributed by atoms with Crippen LogP contribution in [0.5, 0.6) is 0 Å². The first-order valence-electron chi connectivity index (χ1n) is 35.4. The van der Waals surface area contributed by atoms with E-state index in [1.807, 2.05) is 57.2 Å². The highest BCUT2D eigenvalue weighted by Crippen LogP contribution is 2.38. The number of nitrogens with two attached hydrogens (primary N) is 7. The molecule has 4 amide bonds. The third-order valence-corrected chi connectivity index (χ3v) is 18.8. The van der Waals surface area contributed by atoms with Crippen LogP contribution in [0.15, 0.2) is 149 Å². The fourth-order valence-corrected chi connectivity index (χ4v) is 11.1. The van der Waals surface area contributed by atoms with Crippen LogP contribution in [0.3, 0.4) is 0 Å². The highest BCUT2D eigenvalue weighted by Gasteiger charge is 2.52. The van der Waals surface area contributed by atoms with Crippen molar-refractivity contribution in [1.82, 2.24) is 35.9 Å². The second-order valence-electron chi connectivity index (χ2n) is 28.2. The molecule has 34 heteroatoms. The summed E-state index contributed by atoms with van der Waals surface area (Å²) in [5.74, 6) is -6.95. The van der Waals surface area contributed by atoms with E-state index < -0.39 is 53.3 Å². The molecule has 5 aliphatic rings. The first kappa shape index (κ1) is 87.4. The molecule has 1 saturated heterocycles. The predicted octanol–water partition coefficient (Wildman–Crippen LogP) is 11.1. The Morgan fingerprint density at radius 1 is 0.478 bits per heavy atom. The van der Waals surface area contributed by atoms with Gasteiger partial charge in [0.05, 0.1) is 27.9 Å². The summed E-state index contributed by atoms with van der Waals surface area (Å²) in [6.07, 6.45) is 11.3. The van der Waals surface area contributed by atoms with Crippen molar-refractivity contribution in [1.29, 1.82) is 0 Å². The fraction of sp³-hybridized carbons (Fsp3) is 0.291. The highest BCUT2D eigenvalue weighted by molar-refractivity contribution is 9.10. The number of pyridine rings is 4. The first-order valence-corrected chi connectivity index (χ1v) is 37.0. The average molecular weight is 1690 g/mol. The van der Waals surface area contributed by atoms with E-state index >= 15 is 0 Å². The van der Waals surface area contributed by atoms with Crippen LogP contribution >= 0.6 is 31.9 Å². The van der Waals surface area contributed by atoms with Crippen LogP contribution in [0.1, 0.15) is 161 Å². The number of rotatable bonds is 15. The van der Waals surface area contributed by atoms with Gasteiger partial charge in [0.25, 0.3) is 23.6 Å². The van der Waals surface area contributed by atoms with Crippen LogP contribution in [-0.4, -0.2) is 118 Å². The third kappa shape index (κ3) is 26.0. The highest BCUT2D eigenvalue weighted by atomic mass is 79.9. The maximum atomic E-state index is 13.4. The molecule has 9 aromatic rings. The van der Waals surface area contributed by atoms with Crippen LogP contribution < -0.4 is 66.9 Å². The number of anilines is 7. The molecule has 22 N–H and O–H groups in total. The molecule has 4 aliphatic carbocycles. The SMILES string of the molecule is Cc1cc(N)ccc1-c1cnc(N)c(C(=O)NC2CC2)c1.Cc1cc(N)ccc1B1OC(C)(C)C(C)(C)O1.Cc1cc(NC(=O)[C@H](O)c2cc(F)cc(F)c2)ccc1-c1cnc(N)c(C(=O)NC2CC2)c1.NC1CC1.Nc1ncc(Br)cc1C(=O)NC1CC1.Nc1ncc(Br)cc1C(=O)O.O=C(O)[C@H](O)c1cc(F)cc(F)c1. The van der Waals surface area contributed by atoms with E-state index in [9.17, 15) is 51.4 Å². The van der Waals surface area contributed by atoms with Gasteiger partial charge in [-0.25, -0.2) is 47.1 Å². The van der Waals surface area contributed by atoms with Gasteiger partial charge in [-0.3, -0.25) is 19.2 Å². The largest absolute Gasteiger partial charge is 0.495 e. The van der Waals surface area contributed by atoms with Crippen molar-refractivity contribution in [2.75, 3.05) is 39.7 Å². The molecule has 0 radical (unpaired) electrons. The number of nitrogens with zero attached hydrogens (tertiary/aromatic N) is 4. The number of hydrogen-bond acceptors (Lipinski definition) is 21. The van der Waals surface area contributed by atoms with Crippen LogP contribution in [0, 0.1) is 44.0 Å². The summed E-state index contributed by atoms with van der Waals surface area (Å²) >= 11 is 6.33. The zero-order valence-corrected chi connectivity index (χ0v) is 65.8. The zero-order chi connectivity index (χ0) is 83.1. The Bertz CT molecular complexity index is 4940. The summed E-state index contributed by atoms with van der Waals surface area (Å²) in [6, 6.07) is 29.0. The number of nitrogen functional groups attached to an aromatic ring is 6. The normalized spacial score (nSPS) is 15.1. The predicted molar refractivity (Wildman–Crippen MR) is 431 cm³/mol. The Morgan fingerprint density at radius 2 is 0.832 bits per heavy atom. The lowest BCUT2D eigenvalue weighted by Gasteiger charge is -2.32. The van der Waals surface area contributed by atoms with Gasteiger partial charge in [0, 0.05) is 98.2 Å². The van der Waals surface area contributed by atoms with Crippen LogP contribution in [0.2, 0.25) is 0 Å². The second kappa shape index (κ2) is 38.4. The van der Waals surface area contributed by atoms with Gasteiger partial charge in [0.15, 0.2) is 12.2 Å². The molecule has 27 nitrogen and oxygen atoms in total. The Hall–Kier alpha value is -11.1. The lowest BCUT2D eigenvalue weighted by atomic mass is 9.76. The summed E-state index contributed by atoms with van der Waals surface area (Å²) in [7, 11) is -0.305. The molecular weight excluding hydrogens is 1600 g/mol. The van der Waals surface area contributed by atoms with Crippen LogP contribution in [0.4, 0.5) is 57.9 Å². The molecule has 0 bridgehead atoms. The van der Waals surface area contributed by atoms with E-state index in [1.165, 1.54) is 25.1 Å². The van der Waals surface area contributed by atoms with Gasteiger partial charge in [-0.1, -0.05) is 18.2 Å². The van der Waals surface area contributed by atoms with Crippen LogP contribution in [-0.2, 0) is 18.9 Å². The number of carboxylic acid groups (broad SMARTS) is 2. The number of aliphatic hydroxyl groups excluding tert-OH is 2. The maximum absolute atomic E-state index is 13.4. The van der Waals surface area contributed by atoms with E-state index in [2.05, 4.69) is 101 Å².